The maximum absolute atomic E-state index is 13.1. The van der Waals surface area contributed by atoms with E-state index in [2.05, 4.69) is 4.99 Å². The number of ether oxygens (including phenoxy) is 1. The number of halogens is 1. The lowest BCUT2D eigenvalue weighted by Crippen LogP contribution is -2.05. The van der Waals surface area contributed by atoms with E-state index in [-0.39, 0.29) is 17.4 Å². The molecule has 0 radical (unpaired) electrons. The van der Waals surface area contributed by atoms with Crippen molar-refractivity contribution in [3.8, 4) is 0 Å². The van der Waals surface area contributed by atoms with Gasteiger partial charge in [0.15, 0.2) is 5.70 Å². The summed E-state index contributed by atoms with van der Waals surface area (Å²) in [6, 6.07) is 13.5. The number of aliphatic imine (C=N–C) groups is 1. The fourth-order valence-electron chi connectivity index (χ4n) is 1.98. The fourth-order valence-corrected chi connectivity index (χ4v) is 1.98. The smallest absolute Gasteiger partial charge is 0.363 e. The summed E-state index contributed by atoms with van der Waals surface area (Å²) in [5.74, 6) is -0.629. The van der Waals surface area contributed by atoms with E-state index < -0.39 is 5.97 Å². The number of hydrogen-bond acceptors (Lipinski definition) is 3. The molecule has 21 heavy (non-hydrogen) atoms. The van der Waals surface area contributed by atoms with Crippen molar-refractivity contribution in [2.75, 3.05) is 0 Å². The predicted octanol–water partition coefficient (Wildman–Crippen LogP) is 3.48. The Morgan fingerprint density at radius 1 is 1.14 bits per heavy atom. The minimum atomic E-state index is -0.533. The van der Waals surface area contributed by atoms with Crippen LogP contribution < -0.4 is 0 Å². The molecule has 0 aliphatic carbocycles. The fraction of sp³-hybridized carbons (Fsp3) is 0.0588. The molecule has 0 fully saturated rings. The summed E-state index contributed by atoms with van der Waals surface area (Å²) in [4.78, 5) is 16.0. The van der Waals surface area contributed by atoms with Crippen molar-refractivity contribution in [1.82, 2.24) is 0 Å². The van der Waals surface area contributed by atoms with Crippen LogP contribution in [0.2, 0.25) is 0 Å². The molecular weight excluding hydrogens is 269 g/mol. The van der Waals surface area contributed by atoms with Crippen molar-refractivity contribution in [2.24, 2.45) is 4.99 Å². The van der Waals surface area contributed by atoms with Crippen LogP contribution in [-0.4, -0.2) is 11.9 Å². The number of carbonyl (C=O) groups excluding carboxylic acids is 1. The van der Waals surface area contributed by atoms with Crippen molar-refractivity contribution in [2.45, 2.75) is 6.92 Å². The van der Waals surface area contributed by atoms with E-state index in [4.69, 9.17) is 4.74 Å². The molecule has 2 aromatic rings. The quantitative estimate of drug-likeness (QED) is 0.624. The minimum absolute atomic E-state index is 0.163. The minimum Gasteiger partial charge on any atom is -0.402 e. The molecule has 0 saturated carbocycles. The van der Waals surface area contributed by atoms with Crippen molar-refractivity contribution in [3.63, 3.8) is 0 Å². The first-order chi connectivity index (χ1) is 10.1. The summed E-state index contributed by atoms with van der Waals surface area (Å²) in [5, 5.41) is 0. The molecule has 4 heteroatoms. The van der Waals surface area contributed by atoms with Crippen LogP contribution in [0.5, 0.6) is 0 Å². The van der Waals surface area contributed by atoms with Crippen LogP contribution in [0.3, 0.4) is 0 Å². The van der Waals surface area contributed by atoms with Gasteiger partial charge in [0.2, 0.25) is 5.90 Å². The number of cyclic esters (lactones) is 1. The van der Waals surface area contributed by atoms with Crippen LogP contribution in [0.4, 0.5) is 4.39 Å². The first-order valence-corrected chi connectivity index (χ1v) is 6.47. The van der Waals surface area contributed by atoms with Gasteiger partial charge < -0.3 is 4.74 Å². The third-order valence-corrected chi connectivity index (χ3v) is 3.07. The summed E-state index contributed by atoms with van der Waals surface area (Å²) in [7, 11) is 0. The van der Waals surface area contributed by atoms with Gasteiger partial charge in [0, 0.05) is 5.56 Å². The average Bonchev–Trinajstić information content (AvgIpc) is 2.81. The Labute approximate surface area is 121 Å². The molecule has 0 atom stereocenters. The highest BCUT2D eigenvalue weighted by molar-refractivity contribution is 6.12. The van der Waals surface area contributed by atoms with E-state index in [1.54, 1.807) is 12.1 Å². The summed E-state index contributed by atoms with van der Waals surface area (Å²) in [6.07, 6.45) is 1.51. The molecule has 0 amide bonds. The Bertz CT molecular complexity index is 761. The molecule has 2 aromatic carbocycles. The van der Waals surface area contributed by atoms with Crippen molar-refractivity contribution in [3.05, 3.63) is 76.7 Å². The number of nitrogens with zero attached hydrogens (tertiary/aromatic N) is 1. The summed E-state index contributed by atoms with van der Waals surface area (Å²) >= 11 is 0. The van der Waals surface area contributed by atoms with Gasteiger partial charge in [-0.3, -0.25) is 0 Å². The standard InChI is InChI=1S/C17H12FNO2/c1-11-5-7-13(8-6-11)16-19-15(17(20)21-16)10-12-3-2-4-14(18)9-12/h2-10H,1H3/b15-10+. The monoisotopic (exact) mass is 281 g/mol. The van der Waals surface area contributed by atoms with Crippen LogP contribution in [0, 0.1) is 12.7 Å². The lowest BCUT2D eigenvalue weighted by atomic mass is 10.1. The number of rotatable bonds is 2. The number of benzene rings is 2. The van der Waals surface area contributed by atoms with Gasteiger partial charge in [-0.15, -0.1) is 0 Å². The highest BCUT2D eigenvalue weighted by Gasteiger charge is 2.23. The summed E-state index contributed by atoms with van der Waals surface area (Å²) in [6.45, 7) is 1.97. The van der Waals surface area contributed by atoms with Crippen molar-refractivity contribution in [1.29, 1.82) is 0 Å². The topological polar surface area (TPSA) is 38.7 Å². The van der Waals surface area contributed by atoms with E-state index in [0.717, 1.165) is 11.1 Å². The Morgan fingerprint density at radius 3 is 2.62 bits per heavy atom. The zero-order valence-electron chi connectivity index (χ0n) is 11.3. The molecule has 1 aliphatic rings. The molecule has 104 valence electrons. The Morgan fingerprint density at radius 2 is 1.90 bits per heavy atom. The Balaban J connectivity index is 1.93. The molecule has 0 spiro atoms. The maximum atomic E-state index is 13.1. The largest absolute Gasteiger partial charge is 0.402 e. The van der Waals surface area contributed by atoms with Crippen LogP contribution >= 0.6 is 0 Å². The number of esters is 1. The van der Waals surface area contributed by atoms with Gasteiger partial charge in [-0.1, -0.05) is 29.8 Å². The lowest BCUT2D eigenvalue weighted by molar-refractivity contribution is -0.129. The lowest BCUT2D eigenvalue weighted by Gasteiger charge is -1.99. The van der Waals surface area contributed by atoms with Gasteiger partial charge in [0.25, 0.3) is 0 Å². The zero-order valence-corrected chi connectivity index (χ0v) is 11.3. The second-order valence-corrected chi connectivity index (χ2v) is 4.76. The Hall–Kier alpha value is -2.75. The van der Waals surface area contributed by atoms with Gasteiger partial charge in [-0.25, -0.2) is 14.2 Å². The molecule has 0 unspecified atom stereocenters. The highest BCUT2D eigenvalue weighted by atomic mass is 19.1. The van der Waals surface area contributed by atoms with Crippen molar-refractivity contribution >= 4 is 17.9 Å². The van der Waals surface area contributed by atoms with E-state index in [1.807, 2.05) is 31.2 Å². The second kappa shape index (κ2) is 5.32. The zero-order chi connectivity index (χ0) is 14.8. The molecule has 1 heterocycles. The van der Waals surface area contributed by atoms with E-state index >= 15 is 0 Å². The van der Waals surface area contributed by atoms with Crippen LogP contribution in [0.15, 0.2) is 59.2 Å². The third-order valence-electron chi connectivity index (χ3n) is 3.07. The SMILES string of the molecule is Cc1ccc(C2=N/C(=C/c3cccc(F)c3)C(=O)O2)cc1. The second-order valence-electron chi connectivity index (χ2n) is 4.76. The van der Waals surface area contributed by atoms with Crippen LogP contribution in [-0.2, 0) is 9.53 Å². The van der Waals surface area contributed by atoms with E-state index in [1.165, 1.54) is 18.2 Å². The molecule has 0 bridgehead atoms. The van der Waals surface area contributed by atoms with Gasteiger partial charge in [0.1, 0.15) is 5.82 Å². The molecule has 3 nitrogen and oxygen atoms in total. The summed E-state index contributed by atoms with van der Waals surface area (Å²) in [5.41, 5.74) is 2.57. The molecule has 0 aromatic heterocycles. The number of hydrogen-bond donors (Lipinski definition) is 0. The number of carbonyl (C=O) groups is 1. The van der Waals surface area contributed by atoms with Crippen molar-refractivity contribution < 1.29 is 13.9 Å². The average molecular weight is 281 g/mol. The van der Waals surface area contributed by atoms with E-state index in [9.17, 15) is 9.18 Å². The van der Waals surface area contributed by atoms with Gasteiger partial charge in [0.05, 0.1) is 0 Å². The maximum Gasteiger partial charge on any atom is 0.363 e. The predicted molar refractivity (Wildman–Crippen MR) is 78.2 cm³/mol. The molecule has 1 aliphatic heterocycles. The Kier molecular flexibility index (Phi) is 3.36. The normalized spacial score (nSPS) is 16.0. The highest BCUT2D eigenvalue weighted by Crippen LogP contribution is 2.19. The first kappa shape index (κ1) is 13.2. The number of aryl methyl sites for hydroxylation is 1. The molecule has 0 saturated heterocycles. The van der Waals surface area contributed by atoms with Gasteiger partial charge in [-0.2, -0.15) is 0 Å². The summed E-state index contributed by atoms with van der Waals surface area (Å²) < 4.78 is 18.3. The molecular formula is C17H12FNO2. The van der Waals surface area contributed by atoms with Gasteiger partial charge in [-0.05, 0) is 42.8 Å². The van der Waals surface area contributed by atoms with Crippen LogP contribution in [0.1, 0.15) is 16.7 Å². The molecule has 3 rings (SSSR count). The van der Waals surface area contributed by atoms with Gasteiger partial charge >= 0.3 is 5.97 Å². The third kappa shape index (κ3) is 2.89. The van der Waals surface area contributed by atoms with Crippen LogP contribution in [0.25, 0.3) is 6.08 Å². The molecule has 0 N–H and O–H groups in total. The van der Waals surface area contributed by atoms with E-state index in [0.29, 0.717) is 5.56 Å². The first-order valence-electron chi connectivity index (χ1n) is 6.47.